The fraction of sp³-hybridized carbons (Fsp3) is 0.364. The molecule has 1 aromatic rings. The Hall–Kier alpha value is -2.15. The van der Waals surface area contributed by atoms with Gasteiger partial charge in [0.25, 0.3) is 5.69 Å². The minimum Gasteiger partial charge on any atom is -0.480 e. The summed E-state index contributed by atoms with van der Waals surface area (Å²) in [6.45, 7) is 2.11. The molecule has 0 aliphatic rings. The Labute approximate surface area is 104 Å². The van der Waals surface area contributed by atoms with Crippen LogP contribution in [0, 0.1) is 17.0 Å². The first-order chi connectivity index (χ1) is 8.50. The minimum atomic E-state index is -1.01. The van der Waals surface area contributed by atoms with Gasteiger partial charge < -0.3 is 15.2 Å². The Balaban J connectivity index is 2.43. The Morgan fingerprint density at radius 1 is 1.56 bits per heavy atom. The molecule has 1 aromatic carbocycles. The molecule has 0 saturated carbocycles. The van der Waals surface area contributed by atoms with Crippen LogP contribution in [0.15, 0.2) is 18.2 Å². The van der Waals surface area contributed by atoms with E-state index >= 15 is 0 Å². The molecule has 0 fully saturated rings. The summed E-state index contributed by atoms with van der Waals surface area (Å²) in [5, 5.41) is 21.9. The summed E-state index contributed by atoms with van der Waals surface area (Å²) in [6, 6.07) is 4.50. The Morgan fingerprint density at radius 3 is 2.83 bits per heavy atom. The van der Waals surface area contributed by atoms with Gasteiger partial charge in [0.15, 0.2) is 0 Å². The minimum absolute atomic E-state index is 0.0418. The zero-order chi connectivity index (χ0) is 13.5. The van der Waals surface area contributed by atoms with Crippen molar-refractivity contribution in [1.29, 1.82) is 0 Å². The number of nitro benzene ring substituents is 1. The molecule has 98 valence electrons. The third-order valence-electron chi connectivity index (χ3n) is 2.21. The molecule has 0 aliphatic heterocycles. The van der Waals surface area contributed by atoms with Crippen molar-refractivity contribution in [2.45, 2.75) is 6.92 Å². The molecule has 0 bridgehead atoms. The van der Waals surface area contributed by atoms with Crippen molar-refractivity contribution >= 4 is 17.3 Å². The number of aliphatic carboxylic acids is 1. The van der Waals surface area contributed by atoms with Gasteiger partial charge in [-0.15, -0.1) is 0 Å². The average molecular weight is 254 g/mol. The summed E-state index contributed by atoms with van der Waals surface area (Å²) in [4.78, 5) is 20.3. The van der Waals surface area contributed by atoms with Gasteiger partial charge in [-0.2, -0.15) is 0 Å². The third kappa shape index (κ3) is 4.38. The van der Waals surface area contributed by atoms with Crippen LogP contribution in [0.2, 0.25) is 0 Å². The van der Waals surface area contributed by atoms with Crippen molar-refractivity contribution in [2.75, 3.05) is 25.1 Å². The van der Waals surface area contributed by atoms with Gasteiger partial charge in [-0.25, -0.2) is 4.79 Å². The molecule has 0 unspecified atom stereocenters. The quantitative estimate of drug-likeness (QED) is 0.433. The molecule has 7 nitrogen and oxygen atoms in total. The number of benzene rings is 1. The number of nitrogens with one attached hydrogen (secondary N) is 1. The fourth-order valence-electron chi connectivity index (χ4n) is 1.38. The molecular formula is C11H14N2O5. The van der Waals surface area contributed by atoms with Crippen LogP contribution in [0.25, 0.3) is 0 Å². The number of carboxylic acids is 1. The summed E-state index contributed by atoms with van der Waals surface area (Å²) in [5.41, 5.74) is 1.56. The highest BCUT2D eigenvalue weighted by atomic mass is 16.6. The lowest BCUT2D eigenvalue weighted by Crippen LogP contribution is -2.14. The number of rotatable bonds is 7. The highest BCUT2D eigenvalue weighted by Gasteiger charge is 2.07. The number of carbonyl (C=O) groups is 1. The third-order valence-corrected chi connectivity index (χ3v) is 2.21. The summed E-state index contributed by atoms with van der Waals surface area (Å²) < 4.78 is 4.85. The van der Waals surface area contributed by atoms with E-state index in [1.54, 1.807) is 13.0 Å². The molecule has 18 heavy (non-hydrogen) atoms. The van der Waals surface area contributed by atoms with E-state index in [9.17, 15) is 14.9 Å². The Bertz CT molecular complexity index is 447. The number of aryl methyl sites for hydroxylation is 1. The van der Waals surface area contributed by atoms with Gasteiger partial charge in [-0.05, 0) is 18.6 Å². The number of hydrogen-bond acceptors (Lipinski definition) is 5. The summed E-state index contributed by atoms with van der Waals surface area (Å²) in [5.74, 6) is -1.01. The van der Waals surface area contributed by atoms with E-state index in [1.165, 1.54) is 12.1 Å². The van der Waals surface area contributed by atoms with Crippen molar-refractivity contribution in [3.8, 4) is 0 Å². The molecule has 0 amide bonds. The predicted octanol–water partition coefficient (Wildman–Crippen LogP) is 1.42. The lowest BCUT2D eigenvalue weighted by atomic mass is 10.2. The van der Waals surface area contributed by atoms with Gasteiger partial charge in [0.05, 0.1) is 11.5 Å². The maximum atomic E-state index is 10.5. The number of hydrogen-bond donors (Lipinski definition) is 2. The van der Waals surface area contributed by atoms with Gasteiger partial charge in [-0.1, -0.05) is 0 Å². The number of non-ortho nitro benzene ring substituents is 1. The fourth-order valence-corrected chi connectivity index (χ4v) is 1.38. The predicted molar refractivity (Wildman–Crippen MR) is 64.8 cm³/mol. The SMILES string of the molecule is Cc1cc([N+](=O)[O-])ccc1NCCOCC(=O)O. The van der Waals surface area contributed by atoms with E-state index < -0.39 is 10.9 Å². The molecule has 0 spiro atoms. The molecule has 0 atom stereocenters. The van der Waals surface area contributed by atoms with Crippen molar-refractivity contribution in [2.24, 2.45) is 0 Å². The highest BCUT2D eigenvalue weighted by molar-refractivity contribution is 5.68. The molecule has 0 aromatic heterocycles. The molecule has 0 saturated heterocycles. The van der Waals surface area contributed by atoms with Crippen LogP contribution >= 0.6 is 0 Å². The highest BCUT2D eigenvalue weighted by Crippen LogP contribution is 2.20. The summed E-state index contributed by atoms with van der Waals surface area (Å²) in [6.07, 6.45) is 0. The first kappa shape index (κ1) is 13.9. The summed E-state index contributed by atoms with van der Waals surface area (Å²) >= 11 is 0. The standard InChI is InChI=1S/C11H14N2O5/c1-8-6-9(13(16)17)2-3-10(8)12-4-5-18-7-11(14)15/h2-3,6,12H,4-5,7H2,1H3,(H,14,15). The lowest BCUT2D eigenvalue weighted by molar-refractivity contribution is -0.384. The zero-order valence-electron chi connectivity index (χ0n) is 9.88. The maximum absolute atomic E-state index is 10.5. The number of nitro groups is 1. The molecular weight excluding hydrogens is 240 g/mol. The first-order valence-corrected chi connectivity index (χ1v) is 5.29. The number of carboxylic acid groups (broad SMARTS) is 1. The van der Waals surface area contributed by atoms with Crippen LogP contribution < -0.4 is 5.32 Å². The zero-order valence-corrected chi connectivity index (χ0v) is 9.88. The van der Waals surface area contributed by atoms with Crippen molar-refractivity contribution in [1.82, 2.24) is 0 Å². The van der Waals surface area contributed by atoms with Crippen molar-refractivity contribution in [3.05, 3.63) is 33.9 Å². The van der Waals surface area contributed by atoms with Crippen LogP contribution in [0.5, 0.6) is 0 Å². The monoisotopic (exact) mass is 254 g/mol. The Kier molecular flexibility index (Phi) is 5.06. The number of ether oxygens (including phenoxy) is 1. The van der Waals surface area contributed by atoms with Gasteiger partial charge in [-0.3, -0.25) is 10.1 Å². The van der Waals surface area contributed by atoms with Crippen molar-refractivity contribution < 1.29 is 19.6 Å². The van der Waals surface area contributed by atoms with Crippen LogP contribution in [0.4, 0.5) is 11.4 Å². The Morgan fingerprint density at radius 2 is 2.28 bits per heavy atom. The van der Waals surface area contributed by atoms with Gasteiger partial charge in [0.1, 0.15) is 6.61 Å². The molecule has 1 rings (SSSR count). The van der Waals surface area contributed by atoms with E-state index in [4.69, 9.17) is 9.84 Å². The van der Waals surface area contributed by atoms with Gasteiger partial charge in [0, 0.05) is 24.4 Å². The second kappa shape index (κ2) is 6.55. The molecule has 0 aliphatic carbocycles. The maximum Gasteiger partial charge on any atom is 0.329 e. The van der Waals surface area contributed by atoms with Crippen LogP contribution in [0.3, 0.4) is 0 Å². The van der Waals surface area contributed by atoms with Crippen molar-refractivity contribution in [3.63, 3.8) is 0 Å². The van der Waals surface area contributed by atoms with E-state index in [2.05, 4.69) is 5.32 Å². The smallest absolute Gasteiger partial charge is 0.329 e. The topological polar surface area (TPSA) is 102 Å². The summed E-state index contributed by atoms with van der Waals surface area (Å²) in [7, 11) is 0. The first-order valence-electron chi connectivity index (χ1n) is 5.29. The lowest BCUT2D eigenvalue weighted by Gasteiger charge is -2.09. The molecule has 0 radical (unpaired) electrons. The average Bonchev–Trinajstić information content (AvgIpc) is 2.29. The molecule has 7 heteroatoms. The van der Waals surface area contributed by atoms with Crippen LogP contribution in [-0.4, -0.2) is 35.8 Å². The van der Waals surface area contributed by atoms with Gasteiger partial charge >= 0.3 is 5.97 Å². The van der Waals surface area contributed by atoms with Gasteiger partial charge in [0.2, 0.25) is 0 Å². The van der Waals surface area contributed by atoms with E-state index in [0.717, 1.165) is 11.3 Å². The number of anilines is 1. The second-order valence-electron chi connectivity index (χ2n) is 3.63. The normalized spacial score (nSPS) is 10.1. The molecule has 2 N–H and O–H groups in total. The van der Waals surface area contributed by atoms with E-state index in [1.807, 2.05) is 0 Å². The van der Waals surface area contributed by atoms with E-state index in [0.29, 0.717) is 6.54 Å². The molecule has 0 heterocycles. The van der Waals surface area contributed by atoms with E-state index in [-0.39, 0.29) is 18.9 Å². The van der Waals surface area contributed by atoms with Crippen LogP contribution in [0.1, 0.15) is 5.56 Å². The second-order valence-corrected chi connectivity index (χ2v) is 3.63. The van der Waals surface area contributed by atoms with Crippen LogP contribution in [-0.2, 0) is 9.53 Å². The number of nitrogens with zero attached hydrogens (tertiary/aromatic N) is 1. The largest absolute Gasteiger partial charge is 0.480 e.